The summed E-state index contributed by atoms with van der Waals surface area (Å²) < 4.78 is 28.2. The zero-order valence-corrected chi connectivity index (χ0v) is 15.0. The summed E-state index contributed by atoms with van der Waals surface area (Å²) in [7, 11) is -3.72. The van der Waals surface area contributed by atoms with Crippen LogP contribution < -0.4 is 9.62 Å². The highest BCUT2D eigenvalue weighted by atomic mass is 35.5. The van der Waals surface area contributed by atoms with Crippen molar-refractivity contribution in [2.24, 2.45) is 0 Å². The summed E-state index contributed by atoms with van der Waals surface area (Å²) in [5, 5.41) is 0.467. The van der Waals surface area contributed by atoms with Crippen molar-refractivity contribution in [2.75, 3.05) is 16.2 Å². The molecule has 0 aromatic heterocycles. The molecule has 1 amide bonds. The van der Waals surface area contributed by atoms with Gasteiger partial charge < -0.3 is 4.90 Å². The Balaban J connectivity index is 1.75. The number of benzene rings is 2. The van der Waals surface area contributed by atoms with Crippen molar-refractivity contribution in [3.8, 4) is 0 Å². The standard InChI is InChI=1S/C18H17ClN2O3S/c19-14-4-1-5-15(11-14)20-25(23,24)16-9-12-3-2-8-21-17(22)7-6-13(10-16)18(12)21/h1,4-5,9-11,20H,2-3,6-8H2. The molecule has 0 unspecified atom stereocenters. The molecule has 0 radical (unpaired) electrons. The maximum Gasteiger partial charge on any atom is 0.261 e. The number of sulfonamides is 1. The molecule has 5 nitrogen and oxygen atoms in total. The van der Waals surface area contributed by atoms with Gasteiger partial charge in [0.05, 0.1) is 16.3 Å². The van der Waals surface area contributed by atoms with Crippen LogP contribution in [0.15, 0.2) is 41.3 Å². The second kappa shape index (κ2) is 6.04. The second-order valence-electron chi connectivity index (χ2n) is 6.35. The lowest BCUT2D eigenvalue weighted by atomic mass is 9.92. The zero-order chi connectivity index (χ0) is 17.6. The van der Waals surface area contributed by atoms with E-state index in [1.54, 1.807) is 41.3 Å². The Bertz CT molecular complexity index is 955. The topological polar surface area (TPSA) is 66.5 Å². The minimum absolute atomic E-state index is 0.126. The highest BCUT2D eigenvalue weighted by Crippen LogP contribution is 2.37. The number of nitrogens with one attached hydrogen (secondary N) is 1. The monoisotopic (exact) mass is 376 g/mol. The molecular formula is C18H17ClN2O3S. The molecule has 0 aliphatic carbocycles. The van der Waals surface area contributed by atoms with Gasteiger partial charge in [-0.3, -0.25) is 9.52 Å². The molecule has 25 heavy (non-hydrogen) atoms. The van der Waals surface area contributed by atoms with Crippen molar-refractivity contribution in [1.29, 1.82) is 0 Å². The minimum Gasteiger partial charge on any atom is -0.312 e. The quantitative estimate of drug-likeness (QED) is 0.893. The van der Waals surface area contributed by atoms with E-state index in [0.29, 0.717) is 30.1 Å². The number of aryl methyl sites for hydroxylation is 2. The molecule has 2 aromatic carbocycles. The summed E-state index contributed by atoms with van der Waals surface area (Å²) in [6.45, 7) is 0.714. The molecule has 4 rings (SSSR count). The molecule has 1 N–H and O–H groups in total. The molecule has 130 valence electrons. The van der Waals surface area contributed by atoms with Crippen LogP contribution in [0.25, 0.3) is 0 Å². The van der Waals surface area contributed by atoms with Crippen LogP contribution in [0.2, 0.25) is 5.02 Å². The predicted octanol–water partition coefficient (Wildman–Crippen LogP) is 3.37. The SMILES string of the molecule is O=C1CCc2cc(S(=O)(=O)Nc3cccc(Cl)c3)cc3c2N1CCC3. The Kier molecular flexibility index (Phi) is 3.96. The van der Waals surface area contributed by atoms with Crippen molar-refractivity contribution in [1.82, 2.24) is 0 Å². The molecule has 7 heteroatoms. The van der Waals surface area contributed by atoms with Gasteiger partial charge in [-0.25, -0.2) is 8.42 Å². The van der Waals surface area contributed by atoms with Crippen molar-refractivity contribution in [3.63, 3.8) is 0 Å². The van der Waals surface area contributed by atoms with Gasteiger partial charge in [0.15, 0.2) is 0 Å². The van der Waals surface area contributed by atoms with Gasteiger partial charge in [-0.15, -0.1) is 0 Å². The van der Waals surface area contributed by atoms with E-state index in [0.717, 1.165) is 29.7 Å². The molecule has 0 fully saturated rings. The normalized spacial score (nSPS) is 16.5. The lowest BCUT2D eigenvalue weighted by Crippen LogP contribution is -2.39. The highest BCUT2D eigenvalue weighted by molar-refractivity contribution is 7.92. The van der Waals surface area contributed by atoms with Gasteiger partial charge in [0.1, 0.15) is 0 Å². The molecule has 0 bridgehead atoms. The third-order valence-corrected chi connectivity index (χ3v) is 6.23. The molecule has 0 saturated heterocycles. The first kappa shape index (κ1) is 16.4. The van der Waals surface area contributed by atoms with Crippen molar-refractivity contribution in [3.05, 3.63) is 52.5 Å². The van der Waals surface area contributed by atoms with Gasteiger partial charge in [0.2, 0.25) is 5.91 Å². The maximum atomic E-state index is 12.8. The number of hydrogen-bond donors (Lipinski definition) is 1. The van der Waals surface area contributed by atoms with Gasteiger partial charge >= 0.3 is 0 Å². The van der Waals surface area contributed by atoms with E-state index in [4.69, 9.17) is 11.6 Å². The fourth-order valence-corrected chi connectivity index (χ4v) is 4.88. The van der Waals surface area contributed by atoms with Crippen molar-refractivity contribution in [2.45, 2.75) is 30.6 Å². The molecule has 2 aliphatic rings. The number of rotatable bonds is 3. The van der Waals surface area contributed by atoms with Crippen LogP contribution in [0.1, 0.15) is 24.0 Å². The van der Waals surface area contributed by atoms with Gasteiger partial charge in [0, 0.05) is 18.0 Å². The number of carbonyl (C=O) groups is 1. The molecule has 0 atom stereocenters. The number of halogens is 1. The zero-order valence-electron chi connectivity index (χ0n) is 13.5. The van der Waals surface area contributed by atoms with Crippen molar-refractivity contribution < 1.29 is 13.2 Å². The smallest absolute Gasteiger partial charge is 0.261 e. The van der Waals surface area contributed by atoms with Gasteiger partial charge in [0.25, 0.3) is 10.0 Å². The van der Waals surface area contributed by atoms with Gasteiger partial charge in [-0.2, -0.15) is 0 Å². The first-order chi connectivity index (χ1) is 11.9. The van der Waals surface area contributed by atoms with Crippen LogP contribution in [0.3, 0.4) is 0 Å². The summed E-state index contributed by atoms with van der Waals surface area (Å²) in [5.74, 6) is 0.126. The van der Waals surface area contributed by atoms with E-state index in [9.17, 15) is 13.2 Å². The van der Waals surface area contributed by atoms with E-state index in [1.807, 2.05) is 0 Å². The number of amides is 1. The first-order valence-electron chi connectivity index (χ1n) is 8.18. The Morgan fingerprint density at radius 2 is 1.80 bits per heavy atom. The fraction of sp³-hybridized carbons (Fsp3) is 0.278. The van der Waals surface area contributed by atoms with E-state index < -0.39 is 10.0 Å². The number of anilines is 2. The van der Waals surface area contributed by atoms with Crippen LogP contribution in [0.4, 0.5) is 11.4 Å². The van der Waals surface area contributed by atoms with E-state index in [2.05, 4.69) is 4.72 Å². The summed E-state index contributed by atoms with van der Waals surface area (Å²) in [6, 6.07) is 10.00. The van der Waals surface area contributed by atoms with Gasteiger partial charge in [-0.1, -0.05) is 17.7 Å². The molecule has 0 spiro atoms. The Hall–Kier alpha value is -2.05. The van der Waals surface area contributed by atoms with E-state index in [-0.39, 0.29) is 10.8 Å². The fourth-order valence-electron chi connectivity index (χ4n) is 3.54. The molecular weight excluding hydrogens is 360 g/mol. The van der Waals surface area contributed by atoms with Crippen LogP contribution in [0, 0.1) is 0 Å². The second-order valence-corrected chi connectivity index (χ2v) is 8.47. The molecule has 2 aromatic rings. The largest absolute Gasteiger partial charge is 0.312 e. The first-order valence-corrected chi connectivity index (χ1v) is 10.0. The summed E-state index contributed by atoms with van der Waals surface area (Å²) in [4.78, 5) is 14.1. The number of carbonyl (C=O) groups excluding carboxylic acids is 1. The molecule has 0 saturated carbocycles. The Morgan fingerprint density at radius 3 is 2.56 bits per heavy atom. The third kappa shape index (κ3) is 3.00. The summed E-state index contributed by atoms with van der Waals surface area (Å²) >= 11 is 5.93. The minimum atomic E-state index is -3.72. The Morgan fingerprint density at radius 1 is 1.04 bits per heavy atom. The average Bonchev–Trinajstić information content (AvgIpc) is 2.57. The third-order valence-electron chi connectivity index (χ3n) is 4.64. The van der Waals surface area contributed by atoms with Crippen LogP contribution >= 0.6 is 11.6 Å². The molecule has 2 aliphatic heterocycles. The lowest BCUT2D eigenvalue weighted by molar-refractivity contribution is -0.119. The summed E-state index contributed by atoms with van der Waals surface area (Å²) in [5.41, 5.74) is 3.21. The Labute approximate surface area is 151 Å². The van der Waals surface area contributed by atoms with E-state index in [1.165, 1.54) is 0 Å². The number of nitrogens with zero attached hydrogens (tertiary/aromatic N) is 1. The number of hydrogen-bond acceptors (Lipinski definition) is 3. The maximum absolute atomic E-state index is 12.8. The molecule has 2 heterocycles. The lowest BCUT2D eigenvalue weighted by Gasteiger charge is -2.35. The van der Waals surface area contributed by atoms with Crippen LogP contribution in [-0.2, 0) is 27.7 Å². The van der Waals surface area contributed by atoms with E-state index >= 15 is 0 Å². The average molecular weight is 377 g/mol. The highest BCUT2D eigenvalue weighted by Gasteiger charge is 2.31. The van der Waals surface area contributed by atoms with Crippen LogP contribution in [0.5, 0.6) is 0 Å². The predicted molar refractivity (Wildman–Crippen MR) is 97.7 cm³/mol. The van der Waals surface area contributed by atoms with Crippen LogP contribution in [-0.4, -0.2) is 20.9 Å². The van der Waals surface area contributed by atoms with Gasteiger partial charge in [-0.05, 0) is 60.7 Å². The summed E-state index contributed by atoms with van der Waals surface area (Å²) in [6.07, 6.45) is 2.64. The van der Waals surface area contributed by atoms with Crippen molar-refractivity contribution >= 4 is 38.9 Å².